The molecule has 1 atom stereocenters. The number of carboxylic acids is 1. The van der Waals surface area contributed by atoms with E-state index in [4.69, 9.17) is 14.9 Å². The summed E-state index contributed by atoms with van der Waals surface area (Å²) in [6, 6.07) is -1.31. The van der Waals surface area contributed by atoms with Gasteiger partial charge in [-0.05, 0) is 6.42 Å². The van der Waals surface area contributed by atoms with Crippen molar-refractivity contribution in [3.63, 3.8) is 0 Å². The number of phosphoric ester groups is 1. The normalized spacial score (nSPS) is 12.6. The second-order valence-corrected chi connectivity index (χ2v) is 4.25. The van der Waals surface area contributed by atoms with Crippen LogP contribution in [-0.4, -0.2) is 38.8 Å². The minimum Gasteiger partial charge on any atom is -0.480 e. The van der Waals surface area contributed by atoms with Crippen molar-refractivity contribution in [1.82, 2.24) is 5.32 Å². The molecule has 0 heterocycles. The Kier molecular flexibility index (Phi) is 5.80. The van der Waals surface area contributed by atoms with Crippen LogP contribution in [0.3, 0.4) is 0 Å². The average molecular weight is 269 g/mol. The highest BCUT2D eigenvalue weighted by Gasteiger charge is 2.24. The van der Waals surface area contributed by atoms with E-state index in [9.17, 15) is 18.9 Å². The summed E-state index contributed by atoms with van der Waals surface area (Å²) in [6.45, 7) is 1.10. The molecule has 4 N–H and O–H groups in total. The third-order valence-electron chi connectivity index (χ3n) is 1.53. The number of hydrogen-bond acceptors (Lipinski definition) is 5. The zero-order valence-electron chi connectivity index (χ0n) is 8.82. The van der Waals surface area contributed by atoms with Gasteiger partial charge in [0.1, 0.15) is 6.04 Å². The third-order valence-corrected chi connectivity index (χ3v) is 1.97. The average Bonchev–Trinajstić information content (AvgIpc) is 2.08. The quantitative estimate of drug-likeness (QED) is 0.448. The molecule has 0 aromatic rings. The first-order valence-electron chi connectivity index (χ1n) is 4.39. The van der Waals surface area contributed by atoms with Crippen LogP contribution >= 0.6 is 7.82 Å². The molecule has 0 saturated heterocycles. The molecule has 9 nitrogen and oxygen atoms in total. The molecule has 0 rings (SSSR count). The highest BCUT2D eigenvalue weighted by Crippen LogP contribution is 2.36. The van der Waals surface area contributed by atoms with Crippen molar-refractivity contribution >= 4 is 25.7 Å². The maximum absolute atomic E-state index is 10.9. The van der Waals surface area contributed by atoms with E-state index < -0.39 is 38.1 Å². The molecule has 0 bridgehead atoms. The van der Waals surface area contributed by atoms with Gasteiger partial charge in [0.2, 0.25) is 5.91 Å². The summed E-state index contributed by atoms with van der Waals surface area (Å²) >= 11 is 0. The second-order valence-electron chi connectivity index (χ2n) is 3.08. The maximum Gasteiger partial charge on any atom is 0.526 e. The third kappa shape index (κ3) is 8.38. The van der Waals surface area contributed by atoms with Gasteiger partial charge >= 0.3 is 19.8 Å². The molecule has 0 aromatic heterocycles. The van der Waals surface area contributed by atoms with E-state index in [-0.39, 0.29) is 6.42 Å². The van der Waals surface area contributed by atoms with Gasteiger partial charge in [0.05, 0.1) is 0 Å². The van der Waals surface area contributed by atoms with Gasteiger partial charge in [-0.2, -0.15) is 0 Å². The van der Waals surface area contributed by atoms with Crippen molar-refractivity contribution in [1.29, 1.82) is 0 Å². The fourth-order valence-electron chi connectivity index (χ4n) is 0.943. The predicted molar refractivity (Wildman–Crippen MR) is 52.6 cm³/mol. The Morgan fingerprint density at radius 2 is 1.88 bits per heavy atom. The SMILES string of the molecule is CC(=O)NC(CCC(=O)OP(=O)(O)O)C(=O)O. The van der Waals surface area contributed by atoms with E-state index in [0.717, 1.165) is 6.92 Å². The molecule has 98 valence electrons. The molecule has 0 spiro atoms. The van der Waals surface area contributed by atoms with Crippen molar-refractivity contribution in [3.05, 3.63) is 0 Å². The molecule has 10 heteroatoms. The first-order chi connectivity index (χ1) is 7.61. The number of phosphoric acid groups is 1. The van der Waals surface area contributed by atoms with E-state index >= 15 is 0 Å². The van der Waals surface area contributed by atoms with Gasteiger partial charge in [0, 0.05) is 13.3 Å². The second kappa shape index (κ2) is 6.33. The van der Waals surface area contributed by atoms with E-state index in [2.05, 4.69) is 9.84 Å². The van der Waals surface area contributed by atoms with Crippen LogP contribution < -0.4 is 5.32 Å². The number of carbonyl (C=O) groups is 3. The number of aliphatic carboxylic acids is 1. The molecule has 0 fully saturated rings. The monoisotopic (exact) mass is 269 g/mol. The fourth-order valence-corrected chi connectivity index (χ4v) is 1.30. The van der Waals surface area contributed by atoms with Crippen LogP contribution in [0.15, 0.2) is 0 Å². The molecule has 0 radical (unpaired) electrons. The molecule has 0 saturated carbocycles. The van der Waals surface area contributed by atoms with Gasteiger partial charge in [-0.25, -0.2) is 9.36 Å². The highest BCUT2D eigenvalue weighted by atomic mass is 31.2. The minimum atomic E-state index is -4.92. The molecule has 0 aliphatic carbocycles. The Morgan fingerprint density at radius 3 is 2.24 bits per heavy atom. The van der Waals surface area contributed by atoms with Gasteiger partial charge in [-0.15, -0.1) is 0 Å². The Labute approximate surface area is 96.0 Å². The van der Waals surface area contributed by atoms with E-state index in [1.165, 1.54) is 0 Å². The number of rotatable bonds is 6. The van der Waals surface area contributed by atoms with E-state index in [0.29, 0.717) is 0 Å². The van der Waals surface area contributed by atoms with Crippen molar-refractivity contribution < 1.29 is 38.4 Å². The Balaban J connectivity index is 4.22. The number of carboxylic acid groups (broad SMARTS) is 1. The lowest BCUT2D eigenvalue weighted by Gasteiger charge is -2.12. The largest absolute Gasteiger partial charge is 0.526 e. The standard InChI is InChI=1S/C7H12NO8P/c1-4(9)8-5(7(11)12)2-3-6(10)16-17(13,14)15/h5H,2-3H2,1H3,(H,8,9)(H,11,12)(H2,13,14,15). The van der Waals surface area contributed by atoms with Gasteiger partial charge in [-0.3, -0.25) is 19.4 Å². The minimum absolute atomic E-state index is 0.326. The summed E-state index contributed by atoms with van der Waals surface area (Å²) in [7, 11) is -4.92. The predicted octanol–water partition coefficient (Wildman–Crippen LogP) is -1.01. The first kappa shape index (κ1) is 15.6. The maximum atomic E-state index is 10.9. The Morgan fingerprint density at radius 1 is 1.35 bits per heavy atom. The van der Waals surface area contributed by atoms with Crippen LogP contribution in [0.5, 0.6) is 0 Å². The van der Waals surface area contributed by atoms with E-state index in [1.807, 2.05) is 0 Å². The van der Waals surface area contributed by atoms with Crippen LogP contribution in [-0.2, 0) is 23.5 Å². The number of carbonyl (C=O) groups excluding carboxylic acids is 2. The summed E-state index contributed by atoms with van der Waals surface area (Å²) in [5.41, 5.74) is 0. The van der Waals surface area contributed by atoms with Crippen LogP contribution in [0.2, 0.25) is 0 Å². The number of amides is 1. The lowest BCUT2D eigenvalue weighted by molar-refractivity contribution is -0.142. The highest BCUT2D eigenvalue weighted by molar-refractivity contribution is 7.46. The van der Waals surface area contributed by atoms with Crippen molar-refractivity contribution in [2.24, 2.45) is 0 Å². The molecule has 0 aliphatic heterocycles. The molecule has 17 heavy (non-hydrogen) atoms. The van der Waals surface area contributed by atoms with Gasteiger partial charge in [-0.1, -0.05) is 0 Å². The topological polar surface area (TPSA) is 150 Å². The first-order valence-corrected chi connectivity index (χ1v) is 5.92. The smallest absolute Gasteiger partial charge is 0.480 e. The fraction of sp³-hybridized carbons (Fsp3) is 0.571. The zero-order chi connectivity index (χ0) is 13.6. The van der Waals surface area contributed by atoms with Gasteiger partial charge in [0.15, 0.2) is 0 Å². The van der Waals surface area contributed by atoms with Gasteiger partial charge < -0.3 is 14.9 Å². The summed E-state index contributed by atoms with van der Waals surface area (Å²) in [5, 5.41) is 10.7. The number of hydrogen-bond donors (Lipinski definition) is 4. The molecule has 0 aliphatic rings. The van der Waals surface area contributed by atoms with E-state index in [1.54, 1.807) is 0 Å². The summed E-state index contributed by atoms with van der Waals surface area (Å²) in [5.74, 6) is -3.19. The van der Waals surface area contributed by atoms with Crippen molar-refractivity contribution in [2.45, 2.75) is 25.8 Å². The van der Waals surface area contributed by atoms with Crippen molar-refractivity contribution in [3.8, 4) is 0 Å². The zero-order valence-corrected chi connectivity index (χ0v) is 9.72. The summed E-state index contributed by atoms with van der Waals surface area (Å²) in [6.07, 6.45) is -0.865. The number of nitrogens with one attached hydrogen (secondary N) is 1. The van der Waals surface area contributed by atoms with Crippen LogP contribution in [0.4, 0.5) is 0 Å². The summed E-state index contributed by atoms with van der Waals surface area (Å²) < 4.78 is 14.0. The lowest BCUT2D eigenvalue weighted by atomic mass is 10.1. The molecule has 1 amide bonds. The Bertz CT molecular complexity index is 361. The van der Waals surface area contributed by atoms with Crippen LogP contribution in [0.1, 0.15) is 19.8 Å². The molecule has 0 aromatic carbocycles. The van der Waals surface area contributed by atoms with Crippen LogP contribution in [0.25, 0.3) is 0 Å². The van der Waals surface area contributed by atoms with Gasteiger partial charge in [0.25, 0.3) is 0 Å². The van der Waals surface area contributed by atoms with Crippen molar-refractivity contribution in [2.75, 3.05) is 0 Å². The molecular weight excluding hydrogens is 257 g/mol. The van der Waals surface area contributed by atoms with Crippen LogP contribution in [0, 0.1) is 0 Å². The Hall–Kier alpha value is -1.44. The lowest BCUT2D eigenvalue weighted by Crippen LogP contribution is -2.39. The molecule has 1 unspecified atom stereocenters. The summed E-state index contributed by atoms with van der Waals surface area (Å²) in [4.78, 5) is 48.7. The molecular formula is C7H12NO8P.